The van der Waals surface area contributed by atoms with Gasteiger partial charge in [-0.3, -0.25) is 19.8 Å². The van der Waals surface area contributed by atoms with Crippen LogP contribution in [0.2, 0.25) is 0 Å². The molecule has 0 saturated carbocycles. The molecule has 1 N–H and O–H groups in total. The van der Waals surface area contributed by atoms with Crippen molar-refractivity contribution in [1.82, 2.24) is 5.32 Å². The van der Waals surface area contributed by atoms with Gasteiger partial charge in [0.2, 0.25) is 0 Å². The molecule has 1 atom stereocenters. The zero-order valence-corrected chi connectivity index (χ0v) is 20.5. The highest BCUT2D eigenvalue weighted by atomic mass is 32.1. The van der Waals surface area contributed by atoms with Crippen LogP contribution >= 0.6 is 12.2 Å². The van der Waals surface area contributed by atoms with Gasteiger partial charge in [0.15, 0.2) is 5.11 Å². The van der Waals surface area contributed by atoms with Crippen molar-refractivity contribution in [2.75, 3.05) is 23.5 Å². The minimum atomic E-state index is -0.489. The van der Waals surface area contributed by atoms with Crippen LogP contribution in [0.3, 0.4) is 0 Å². The van der Waals surface area contributed by atoms with Gasteiger partial charge in [-0.1, -0.05) is 13.0 Å². The number of rotatable bonds is 4. The lowest BCUT2D eigenvalue weighted by Gasteiger charge is -2.47. The first-order valence-electron chi connectivity index (χ1n) is 11.1. The Hall–Kier alpha value is -3.19. The molecule has 2 heterocycles. The van der Waals surface area contributed by atoms with E-state index in [2.05, 4.69) is 50.0 Å². The number of hydrogen-bond donors (Lipinski definition) is 1. The van der Waals surface area contributed by atoms with Crippen molar-refractivity contribution in [2.24, 2.45) is 0 Å². The minimum absolute atomic E-state index is 0.0514. The fourth-order valence-corrected chi connectivity index (χ4v) is 5.27. The van der Waals surface area contributed by atoms with E-state index in [1.54, 1.807) is 37.5 Å². The second kappa shape index (κ2) is 8.63. The van der Waals surface area contributed by atoms with E-state index >= 15 is 0 Å². The van der Waals surface area contributed by atoms with E-state index in [0.29, 0.717) is 17.4 Å². The van der Waals surface area contributed by atoms with E-state index in [1.807, 2.05) is 6.07 Å². The smallest absolute Gasteiger partial charge is 0.270 e. The maximum atomic E-state index is 13.3. The van der Waals surface area contributed by atoms with Gasteiger partial charge >= 0.3 is 0 Å². The van der Waals surface area contributed by atoms with Gasteiger partial charge in [-0.25, -0.2) is 0 Å². The van der Waals surface area contributed by atoms with Gasteiger partial charge in [-0.15, -0.1) is 0 Å². The van der Waals surface area contributed by atoms with Crippen molar-refractivity contribution < 1.29 is 14.3 Å². The van der Waals surface area contributed by atoms with Crippen molar-refractivity contribution >= 4 is 46.6 Å². The third kappa shape index (κ3) is 4.13. The summed E-state index contributed by atoms with van der Waals surface area (Å²) in [4.78, 5) is 29.8. The molecule has 1 saturated heterocycles. The Morgan fingerprint density at radius 1 is 1.18 bits per heavy atom. The molecule has 0 radical (unpaired) electrons. The number of hydrogen-bond acceptors (Lipinski definition) is 5. The molecule has 2 aliphatic rings. The molecule has 1 fully saturated rings. The Morgan fingerprint density at radius 3 is 2.52 bits per heavy atom. The normalized spacial score (nSPS) is 21.2. The van der Waals surface area contributed by atoms with Gasteiger partial charge < -0.3 is 9.64 Å². The number of benzene rings is 2. The third-order valence-electron chi connectivity index (χ3n) is 6.47. The fraction of sp³-hybridized carbons (Fsp3) is 0.346. The van der Waals surface area contributed by atoms with Gasteiger partial charge in [-0.2, -0.15) is 0 Å². The third-order valence-corrected chi connectivity index (χ3v) is 6.75. The van der Waals surface area contributed by atoms with Crippen molar-refractivity contribution in [2.45, 2.75) is 45.6 Å². The number of nitrogens with one attached hydrogen (secondary N) is 1. The molecule has 0 bridgehead atoms. The predicted octanol–water partition coefficient (Wildman–Crippen LogP) is 4.64. The molecule has 2 aliphatic heterocycles. The highest BCUT2D eigenvalue weighted by Gasteiger charge is 2.36. The molecule has 0 aromatic heterocycles. The van der Waals surface area contributed by atoms with E-state index in [1.165, 1.54) is 16.2 Å². The summed E-state index contributed by atoms with van der Waals surface area (Å²) in [6.07, 6.45) is 2.69. The summed E-state index contributed by atoms with van der Waals surface area (Å²) >= 11 is 5.29. The average Bonchev–Trinajstić information content (AvgIpc) is 2.77. The average molecular weight is 464 g/mol. The number of thiocarbonyl (C=S) groups is 1. The summed E-state index contributed by atoms with van der Waals surface area (Å²) in [5, 5.41) is 2.71. The van der Waals surface area contributed by atoms with Crippen LogP contribution in [0.25, 0.3) is 6.08 Å². The van der Waals surface area contributed by atoms with Crippen LogP contribution in [0.15, 0.2) is 48.0 Å². The topological polar surface area (TPSA) is 61.9 Å². The lowest BCUT2D eigenvalue weighted by molar-refractivity contribution is -0.122. The molecule has 4 rings (SSSR count). The standard InChI is InChI=1S/C26H29N3O3S/c1-6-28-22-12-7-17(13-20(22)16(2)15-26(28,3)4)14-21-23(30)27-25(33)29(24(21)31)18-8-10-19(32-5)11-9-18/h7-14,16H,6,15H2,1-5H3,(H,27,30,33)/b21-14-. The fourth-order valence-electron chi connectivity index (χ4n) is 4.99. The van der Waals surface area contributed by atoms with Crippen LogP contribution in [-0.4, -0.2) is 36.1 Å². The van der Waals surface area contributed by atoms with E-state index in [4.69, 9.17) is 17.0 Å². The summed E-state index contributed by atoms with van der Waals surface area (Å²) < 4.78 is 5.19. The molecule has 33 heavy (non-hydrogen) atoms. The number of amides is 2. The first kappa shape index (κ1) is 23.0. The molecule has 2 amide bonds. The number of ether oxygens (including phenoxy) is 1. The quantitative estimate of drug-likeness (QED) is 0.407. The lowest BCUT2D eigenvalue weighted by Crippen LogP contribution is -2.54. The molecule has 6 nitrogen and oxygen atoms in total. The van der Waals surface area contributed by atoms with E-state index in [9.17, 15) is 9.59 Å². The molecular weight excluding hydrogens is 434 g/mol. The second-order valence-electron chi connectivity index (χ2n) is 9.14. The lowest BCUT2D eigenvalue weighted by atomic mass is 9.79. The summed E-state index contributed by atoms with van der Waals surface area (Å²) in [6, 6.07) is 13.1. The van der Waals surface area contributed by atoms with Gasteiger partial charge in [0.05, 0.1) is 12.8 Å². The van der Waals surface area contributed by atoms with Crippen LogP contribution in [0.5, 0.6) is 5.75 Å². The molecule has 2 aromatic rings. The number of fused-ring (bicyclic) bond motifs is 1. The highest BCUT2D eigenvalue weighted by molar-refractivity contribution is 7.80. The van der Waals surface area contributed by atoms with Crippen LogP contribution in [0.4, 0.5) is 11.4 Å². The molecule has 172 valence electrons. The zero-order valence-electron chi connectivity index (χ0n) is 19.6. The van der Waals surface area contributed by atoms with E-state index in [0.717, 1.165) is 18.5 Å². The minimum Gasteiger partial charge on any atom is -0.497 e. The Labute approximate surface area is 200 Å². The van der Waals surface area contributed by atoms with Gasteiger partial charge in [0.25, 0.3) is 11.8 Å². The first-order valence-corrected chi connectivity index (χ1v) is 11.5. The van der Waals surface area contributed by atoms with Gasteiger partial charge in [-0.05, 0) is 98.9 Å². The van der Waals surface area contributed by atoms with Crippen molar-refractivity contribution in [3.63, 3.8) is 0 Å². The van der Waals surface area contributed by atoms with Crippen LogP contribution in [0, 0.1) is 0 Å². The Kier molecular flexibility index (Phi) is 6.01. The summed E-state index contributed by atoms with van der Waals surface area (Å²) in [7, 11) is 1.58. The van der Waals surface area contributed by atoms with Crippen LogP contribution in [-0.2, 0) is 9.59 Å². The van der Waals surface area contributed by atoms with E-state index in [-0.39, 0.29) is 16.2 Å². The Morgan fingerprint density at radius 2 is 1.88 bits per heavy atom. The highest BCUT2D eigenvalue weighted by Crippen LogP contribution is 2.43. The maximum absolute atomic E-state index is 13.3. The summed E-state index contributed by atoms with van der Waals surface area (Å²) in [6.45, 7) is 9.86. The van der Waals surface area contributed by atoms with Crippen LogP contribution < -0.4 is 19.9 Å². The molecular formula is C26H29N3O3S. The number of anilines is 2. The Balaban J connectivity index is 1.70. The zero-order chi connectivity index (χ0) is 23.9. The molecule has 0 aliphatic carbocycles. The summed E-state index contributed by atoms with van der Waals surface area (Å²) in [5.74, 6) is 0.102. The van der Waals surface area contributed by atoms with Crippen molar-refractivity contribution in [1.29, 1.82) is 0 Å². The molecule has 2 aromatic carbocycles. The van der Waals surface area contributed by atoms with Crippen molar-refractivity contribution in [3.05, 3.63) is 59.2 Å². The number of carbonyl (C=O) groups is 2. The predicted molar refractivity (Wildman–Crippen MR) is 136 cm³/mol. The second-order valence-corrected chi connectivity index (χ2v) is 9.52. The largest absolute Gasteiger partial charge is 0.497 e. The maximum Gasteiger partial charge on any atom is 0.270 e. The van der Waals surface area contributed by atoms with Crippen molar-refractivity contribution in [3.8, 4) is 5.75 Å². The SMILES string of the molecule is CCN1c2ccc(/C=C3/C(=O)NC(=S)N(c4ccc(OC)cc4)C3=O)cc2C(C)CC1(C)C. The molecule has 1 unspecified atom stereocenters. The van der Waals surface area contributed by atoms with E-state index < -0.39 is 11.8 Å². The first-order chi connectivity index (χ1) is 15.7. The van der Waals surface area contributed by atoms with Crippen LogP contribution in [0.1, 0.15) is 51.2 Å². The number of carbonyl (C=O) groups excluding carboxylic acids is 2. The summed E-state index contributed by atoms with van der Waals surface area (Å²) in [5.41, 5.74) is 3.96. The Bertz CT molecular complexity index is 1150. The molecule has 7 heteroatoms. The van der Waals surface area contributed by atoms with Gasteiger partial charge in [0.1, 0.15) is 11.3 Å². The number of methoxy groups -OCH3 is 1. The van der Waals surface area contributed by atoms with Gasteiger partial charge in [0, 0.05) is 17.8 Å². The number of nitrogens with zero attached hydrogens (tertiary/aromatic N) is 2. The molecule has 0 spiro atoms. The monoisotopic (exact) mass is 463 g/mol.